The summed E-state index contributed by atoms with van der Waals surface area (Å²) in [5.41, 5.74) is 1.72. The van der Waals surface area contributed by atoms with Crippen LogP contribution in [0.4, 0.5) is 4.39 Å². The number of nitrogens with zero attached hydrogens (tertiary/aromatic N) is 3. The van der Waals surface area contributed by atoms with Gasteiger partial charge in [0.25, 0.3) is 0 Å². The average Bonchev–Trinajstić information content (AvgIpc) is 2.68. The standard InChI is InChI=1S/C20H26FN5O/c1-3-22-20(24-14-16-7-6-8-17(21)13-16)25-15-19(27)26(2)12-10-18-9-4-5-11-23-18/h4-9,11,13H,3,10,12,14-15H2,1-2H3,(H2,22,24,25). The normalized spacial score (nSPS) is 11.1. The number of halogens is 1. The van der Waals surface area contributed by atoms with E-state index in [0.717, 1.165) is 11.3 Å². The smallest absolute Gasteiger partial charge is 0.241 e. The fourth-order valence-electron chi connectivity index (χ4n) is 2.39. The van der Waals surface area contributed by atoms with Crippen LogP contribution in [0.5, 0.6) is 0 Å². The van der Waals surface area contributed by atoms with Gasteiger partial charge in [-0.25, -0.2) is 9.38 Å². The maximum Gasteiger partial charge on any atom is 0.241 e. The second-order valence-corrected chi connectivity index (χ2v) is 6.07. The molecular weight excluding hydrogens is 345 g/mol. The summed E-state index contributed by atoms with van der Waals surface area (Å²) in [7, 11) is 1.77. The number of aliphatic imine (C=N–C) groups is 1. The Labute approximate surface area is 159 Å². The minimum absolute atomic E-state index is 0.0395. The van der Waals surface area contributed by atoms with Crippen molar-refractivity contribution >= 4 is 11.9 Å². The molecule has 0 atom stereocenters. The number of nitrogens with one attached hydrogen (secondary N) is 2. The number of carbonyl (C=O) groups excluding carboxylic acids is 1. The number of hydrogen-bond acceptors (Lipinski definition) is 3. The van der Waals surface area contributed by atoms with Gasteiger partial charge in [-0.15, -0.1) is 0 Å². The molecule has 0 bridgehead atoms. The molecule has 1 amide bonds. The summed E-state index contributed by atoms with van der Waals surface area (Å²) in [4.78, 5) is 22.6. The third-order valence-corrected chi connectivity index (χ3v) is 3.92. The van der Waals surface area contributed by atoms with Crippen LogP contribution in [0, 0.1) is 5.82 Å². The van der Waals surface area contributed by atoms with Crippen molar-refractivity contribution in [2.24, 2.45) is 4.99 Å². The number of guanidine groups is 1. The van der Waals surface area contributed by atoms with Crippen molar-refractivity contribution in [3.8, 4) is 0 Å². The van der Waals surface area contributed by atoms with Gasteiger partial charge in [0.1, 0.15) is 5.82 Å². The lowest BCUT2D eigenvalue weighted by atomic mass is 10.2. The molecule has 144 valence electrons. The van der Waals surface area contributed by atoms with Gasteiger partial charge in [0.2, 0.25) is 5.91 Å². The molecule has 0 unspecified atom stereocenters. The molecule has 0 fully saturated rings. The fraction of sp³-hybridized carbons (Fsp3) is 0.350. The molecular formula is C20H26FN5O. The Morgan fingerprint density at radius 3 is 2.78 bits per heavy atom. The molecule has 2 N–H and O–H groups in total. The Morgan fingerprint density at radius 2 is 2.07 bits per heavy atom. The van der Waals surface area contributed by atoms with E-state index < -0.39 is 0 Å². The third-order valence-electron chi connectivity index (χ3n) is 3.92. The zero-order valence-electron chi connectivity index (χ0n) is 15.8. The van der Waals surface area contributed by atoms with Crippen LogP contribution in [0.2, 0.25) is 0 Å². The quantitative estimate of drug-likeness (QED) is 0.550. The highest BCUT2D eigenvalue weighted by atomic mass is 19.1. The van der Waals surface area contributed by atoms with Crippen molar-refractivity contribution < 1.29 is 9.18 Å². The van der Waals surface area contributed by atoms with Gasteiger partial charge in [-0.2, -0.15) is 0 Å². The van der Waals surface area contributed by atoms with Gasteiger partial charge in [0.05, 0.1) is 13.1 Å². The molecule has 1 aromatic carbocycles. The monoisotopic (exact) mass is 371 g/mol. The fourth-order valence-corrected chi connectivity index (χ4v) is 2.39. The molecule has 0 aliphatic rings. The summed E-state index contributed by atoms with van der Waals surface area (Å²) in [5, 5.41) is 6.11. The van der Waals surface area contributed by atoms with E-state index in [2.05, 4.69) is 20.6 Å². The third kappa shape index (κ3) is 7.43. The minimum Gasteiger partial charge on any atom is -0.357 e. The first-order valence-corrected chi connectivity index (χ1v) is 8.99. The number of amides is 1. The van der Waals surface area contributed by atoms with E-state index in [0.29, 0.717) is 32.0 Å². The Bertz CT molecular complexity index is 751. The number of aromatic nitrogens is 1. The zero-order chi connectivity index (χ0) is 19.5. The molecule has 0 saturated heterocycles. The number of benzene rings is 1. The van der Waals surface area contributed by atoms with E-state index in [1.807, 2.05) is 31.2 Å². The molecule has 27 heavy (non-hydrogen) atoms. The largest absolute Gasteiger partial charge is 0.357 e. The minimum atomic E-state index is -0.287. The Kier molecular flexibility index (Phi) is 8.22. The van der Waals surface area contributed by atoms with Gasteiger partial charge < -0.3 is 15.5 Å². The molecule has 0 aliphatic heterocycles. The Hall–Kier alpha value is -2.96. The summed E-state index contributed by atoms with van der Waals surface area (Å²) in [6.45, 7) is 3.66. The van der Waals surface area contributed by atoms with E-state index in [9.17, 15) is 9.18 Å². The van der Waals surface area contributed by atoms with Crippen molar-refractivity contribution in [2.75, 3.05) is 26.7 Å². The lowest BCUT2D eigenvalue weighted by Crippen LogP contribution is -2.44. The molecule has 0 radical (unpaired) electrons. The van der Waals surface area contributed by atoms with Gasteiger partial charge in [-0.05, 0) is 36.8 Å². The molecule has 0 spiro atoms. The molecule has 1 aromatic heterocycles. The molecule has 0 saturated carbocycles. The lowest BCUT2D eigenvalue weighted by Gasteiger charge is -2.18. The van der Waals surface area contributed by atoms with Crippen molar-refractivity contribution in [1.29, 1.82) is 0 Å². The van der Waals surface area contributed by atoms with Gasteiger partial charge in [0.15, 0.2) is 5.96 Å². The highest BCUT2D eigenvalue weighted by Gasteiger charge is 2.10. The Morgan fingerprint density at radius 1 is 1.22 bits per heavy atom. The number of pyridine rings is 1. The first-order valence-electron chi connectivity index (χ1n) is 8.99. The highest BCUT2D eigenvalue weighted by Crippen LogP contribution is 2.04. The zero-order valence-corrected chi connectivity index (χ0v) is 15.8. The molecule has 7 heteroatoms. The van der Waals surface area contributed by atoms with Gasteiger partial charge in [0, 0.05) is 38.4 Å². The maximum atomic E-state index is 13.2. The first-order chi connectivity index (χ1) is 13.1. The summed E-state index contributed by atoms with van der Waals surface area (Å²) < 4.78 is 13.2. The second kappa shape index (κ2) is 10.9. The lowest BCUT2D eigenvalue weighted by molar-refractivity contribution is -0.128. The van der Waals surface area contributed by atoms with Crippen LogP contribution in [0.25, 0.3) is 0 Å². The van der Waals surface area contributed by atoms with Gasteiger partial charge in [-0.3, -0.25) is 9.78 Å². The second-order valence-electron chi connectivity index (χ2n) is 6.07. The van der Waals surface area contributed by atoms with E-state index >= 15 is 0 Å². The number of likely N-dealkylation sites (N-methyl/N-ethyl adjacent to an activating group) is 1. The van der Waals surface area contributed by atoms with Crippen LogP contribution in [0.1, 0.15) is 18.2 Å². The Balaban J connectivity index is 1.82. The van der Waals surface area contributed by atoms with Crippen LogP contribution in [-0.4, -0.2) is 48.4 Å². The molecule has 2 rings (SSSR count). The van der Waals surface area contributed by atoms with Crippen LogP contribution in [0.15, 0.2) is 53.7 Å². The van der Waals surface area contributed by atoms with Crippen molar-refractivity contribution in [2.45, 2.75) is 19.9 Å². The number of rotatable bonds is 8. The topological polar surface area (TPSA) is 69.6 Å². The van der Waals surface area contributed by atoms with E-state index in [1.165, 1.54) is 12.1 Å². The van der Waals surface area contributed by atoms with Crippen molar-refractivity contribution in [3.05, 3.63) is 65.7 Å². The average molecular weight is 371 g/mol. The van der Waals surface area contributed by atoms with E-state index in [1.54, 1.807) is 24.2 Å². The van der Waals surface area contributed by atoms with Crippen LogP contribution in [-0.2, 0) is 17.8 Å². The van der Waals surface area contributed by atoms with Gasteiger partial charge >= 0.3 is 0 Å². The van der Waals surface area contributed by atoms with Crippen LogP contribution >= 0.6 is 0 Å². The van der Waals surface area contributed by atoms with Crippen LogP contribution in [0.3, 0.4) is 0 Å². The summed E-state index contributed by atoms with van der Waals surface area (Å²) in [6, 6.07) is 12.1. The molecule has 2 aromatic rings. The summed E-state index contributed by atoms with van der Waals surface area (Å²) in [5.74, 6) is 0.195. The predicted molar refractivity (Wildman–Crippen MR) is 105 cm³/mol. The van der Waals surface area contributed by atoms with E-state index in [4.69, 9.17) is 0 Å². The maximum absolute atomic E-state index is 13.2. The van der Waals surface area contributed by atoms with Crippen LogP contribution < -0.4 is 10.6 Å². The highest BCUT2D eigenvalue weighted by molar-refractivity contribution is 5.86. The molecule has 6 nitrogen and oxygen atoms in total. The number of carbonyl (C=O) groups is 1. The SMILES string of the molecule is CCNC(=NCc1cccc(F)c1)NCC(=O)N(C)CCc1ccccn1. The summed E-state index contributed by atoms with van der Waals surface area (Å²) in [6.07, 6.45) is 2.45. The van der Waals surface area contributed by atoms with Crippen molar-refractivity contribution in [1.82, 2.24) is 20.5 Å². The molecule has 1 heterocycles. The summed E-state index contributed by atoms with van der Waals surface area (Å²) >= 11 is 0. The predicted octanol–water partition coefficient (Wildman–Crippen LogP) is 1.98. The van der Waals surface area contributed by atoms with Crippen molar-refractivity contribution in [3.63, 3.8) is 0 Å². The molecule has 0 aliphatic carbocycles. The van der Waals surface area contributed by atoms with Gasteiger partial charge in [-0.1, -0.05) is 18.2 Å². The first kappa shape index (κ1) is 20.4. The number of hydrogen-bond donors (Lipinski definition) is 2. The van der Waals surface area contributed by atoms with E-state index in [-0.39, 0.29) is 18.3 Å².